The summed E-state index contributed by atoms with van der Waals surface area (Å²) in [6.45, 7) is 2.64. The normalized spacial score (nSPS) is 14.3. The molecule has 0 amide bonds. The van der Waals surface area contributed by atoms with Crippen LogP contribution in [0.2, 0.25) is 5.02 Å². The molecular formula is C27H23ClFNO3S. The number of benzene rings is 3. The molecule has 0 radical (unpaired) electrons. The zero-order chi connectivity index (χ0) is 23.7. The van der Waals surface area contributed by atoms with Gasteiger partial charge < -0.3 is 9.84 Å². The molecule has 5 rings (SSSR count). The van der Waals surface area contributed by atoms with Crippen LogP contribution in [-0.4, -0.2) is 48.7 Å². The fourth-order valence-corrected chi connectivity index (χ4v) is 5.70. The van der Waals surface area contributed by atoms with Crippen molar-refractivity contribution in [2.75, 3.05) is 32.9 Å². The molecule has 0 atom stereocenters. The number of aromatic hydroxyl groups is 1. The topological polar surface area (TPSA) is 49.8 Å². The molecule has 1 aliphatic heterocycles. The van der Waals surface area contributed by atoms with Crippen molar-refractivity contribution >= 4 is 38.8 Å². The van der Waals surface area contributed by atoms with Crippen LogP contribution in [0.1, 0.15) is 15.2 Å². The van der Waals surface area contributed by atoms with Crippen molar-refractivity contribution in [1.82, 2.24) is 4.90 Å². The van der Waals surface area contributed by atoms with Crippen molar-refractivity contribution < 1.29 is 19.0 Å². The molecule has 1 aromatic heterocycles. The molecule has 34 heavy (non-hydrogen) atoms. The molecule has 0 spiro atoms. The number of hydrogen-bond acceptors (Lipinski definition) is 5. The number of carbonyl (C=O) groups is 1. The fourth-order valence-electron chi connectivity index (χ4n) is 4.27. The largest absolute Gasteiger partial charge is 0.508 e. The zero-order valence-electron chi connectivity index (χ0n) is 18.3. The van der Waals surface area contributed by atoms with Gasteiger partial charge in [-0.2, -0.15) is 0 Å². The van der Waals surface area contributed by atoms with Crippen molar-refractivity contribution in [3.63, 3.8) is 0 Å². The zero-order valence-corrected chi connectivity index (χ0v) is 19.9. The number of nitrogens with zero attached hydrogens (tertiary/aromatic N) is 1. The van der Waals surface area contributed by atoms with E-state index in [1.165, 1.54) is 11.3 Å². The van der Waals surface area contributed by atoms with Crippen molar-refractivity contribution in [2.24, 2.45) is 5.92 Å². The third kappa shape index (κ3) is 4.53. The summed E-state index contributed by atoms with van der Waals surface area (Å²) in [4.78, 5) is 16.2. The highest BCUT2D eigenvalue weighted by molar-refractivity contribution is 7.21. The number of fused-ring (bicyclic) bond motifs is 1. The lowest BCUT2D eigenvalue weighted by molar-refractivity contribution is 0.0668. The Morgan fingerprint density at radius 1 is 1.12 bits per heavy atom. The third-order valence-electron chi connectivity index (χ3n) is 6.07. The Morgan fingerprint density at radius 2 is 1.88 bits per heavy atom. The molecule has 7 heteroatoms. The van der Waals surface area contributed by atoms with Crippen LogP contribution in [0.5, 0.6) is 11.5 Å². The van der Waals surface area contributed by atoms with Crippen LogP contribution >= 0.6 is 22.9 Å². The van der Waals surface area contributed by atoms with Crippen LogP contribution < -0.4 is 4.74 Å². The monoisotopic (exact) mass is 495 g/mol. The van der Waals surface area contributed by atoms with Crippen LogP contribution in [0.15, 0.2) is 66.7 Å². The molecule has 1 N–H and O–H groups in total. The molecule has 174 valence electrons. The number of hydrogen-bond donors (Lipinski definition) is 1. The number of ketones is 1. The predicted octanol–water partition coefficient (Wildman–Crippen LogP) is 6.44. The molecule has 0 bridgehead atoms. The van der Waals surface area contributed by atoms with Crippen LogP contribution in [0, 0.1) is 5.92 Å². The van der Waals surface area contributed by atoms with Gasteiger partial charge in [0.2, 0.25) is 5.78 Å². The quantitative estimate of drug-likeness (QED) is 0.286. The maximum absolute atomic E-state index is 13.5. The summed E-state index contributed by atoms with van der Waals surface area (Å²) in [5, 5.41) is 11.3. The van der Waals surface area contributed by atoms with Crippen LogP contribution in [-0.2, 0) is 0 Å². The number of halogens is 2. The second-order valence-corrected chi connectivity index (χ2v) is 9.91. The maximum Gasteiger partial charge on any atom is 0.205 e. The summed E-state index contributed by atoms with van der Waals surface area (Å²) < 4.78 is 19.3. The first kappa shape index (κ1) is 22.8. The first-order chi connectivity index (χ1) is 16.5. The number of phenols is 1. The standard InChI is InChI=1S/C27H23ClFNO3S/c28-23-4-2-1-3-21(23)26(32)27-25(22-10-7-19(31)13-24(22)34-27)18-5-8-20(9-6-18)33-12-11-30-15-17(14-29)16-30/h1-10,13,17,31H,11-12,14-16H2. The number of phenolic OH excluding ortho intramolecular Hbond substituents is 1. The highest BCUT2D eigenvalue weighted by Crippen LogP contribution is 2.42. The van der Waals surface area contributed by atoms with Crippen molar-refractivity contribution in [2.45, 2.75) is 0 Å². The van der Waals surface area contributed by atoms with E-state index in [9.17, 15) is 14.3 Å². The van der Waals surface area contributed by atoms with E-state index in [0.717, 1.165) is 46.6 Å². The molecule has 4 nitrogen and oxygen atoms in total. The van der Waals surface area contributed by atoms with Crippen molar-refractivity contribution in [3.05, 3.63) is 82.2 Å². The van der Waals surface area contributed by atoms with E-state index in [2.05, 4.69) is 4.90 Å². The van der Waals surface area contributed by atoms with E-state index in [1.807, 2.05) is 30.3 Å². The SMILES string of the molecule is O=C(c1ccccc1Cl)c1sc2cc(O)ccc2c1-c1ccc(OCCN2CC(CF)C2)cc1. The minimum Gasteiger partial charge on any atom is -0.508 e. The van der Waals surface area contributed by atoms with Crippen LogP contribution in [0.3, 0.4) is 0 Å². The molecular weight excluding hydrogens is 473 g/mol. The minimum absolute atomic E-state index is 0.150. The number of alkyl halides is 1. The Morgan fingerprint density at radius 3 is 2.62 bits per heavy atom. The lowest BCUT2D eigenvalue weighted by Crippen LogP contribution is -2.49. The van der Waals surface area contributed by atoms with Gasteiger partial charge in [-0.3, -0.25) is 14.1 Å². The summed E-state index contributed by atoms with van der Waals surface area (Å²) in [6.07, 6.45) is 0. The molecule has 1 saturated heterocycles. The van der Waals surface area contributed by atoms with E-state index in [0.29, 0.717) is 22.1 Å². The molecule has 1 fully saturated rings. The second kappa shape index (κ2) is 9.74. The number of ether oxygens (including phenoxy) is 1. The Hall–Kier alpha value is -2.93. The Kier molecular flexibility index (Phi) is 6.55. The Labute approximate surface area is 206 Å². The van der Waals surface area contributed by atoms with Crippen molar-refractivity contribution in [1.29, 1.82) is 0 Å². The maximum atomic E-state index is 13.5. The van der Waals surface area contributed by atoms with Gasteiger partial charge in [0.25, 0.3) is 0 Å². The summed E-state index contributed by atoms with van der Waals surface area (Å²) in [6, 6.07) is 19.8. The number of thiophene rings is 1. The molecule has 0 aliphatic carbocycles. The summed E-state index contributed by atoms with van der Waals surface area (Å²) >= 11 is 7.66. The lowest BCUT2D eigenvalue weighted by atomic mass is 9.98. The average Bonchev–Trinajstić information content (AvgIpc) is 3.19. The molecule has 4 aromatic rings. The van der Waals surface area contributed by atoms with Crippen LogP contribution in [0.25, 0.3) is 21.2 Å². The smallest absolute Gasteiger partial charge is 0.205 e. The fraction of sp³-hybridized carbons (Fsp3) is 0.222. The van der Waals surface area contributed by atoms with E-state index < -0.39 is 0 Å². The van der Waals surface area contributed by atoms with E-state index in [1.54, 1.807) is 36.4 Å². The average molecular weight is 496 g/mol. The van der Waals surface area contributed by atoms with Gasteiger partial charge in [0.1, 0.15) is 18.1 Å². The molecule has 2 heterocycles. The van der Waals surface area contributed by atoms with E-state index >= 15 is 0 Å². The van der Waals surface area contributed by atoms with Gasteiger partial charge in [-0.15, -0.1) is 11.3 Å². The third-order valence-corrected chi connectivity index (χ3v) is 7.55. The van der Waals surface area contributed by atoms with Gasteiger partial charge in [-0.1, -0.05) is 35.9 Å². The molecule has 0 unspecified atom stereocenters. The molecule has 1 aliphatic rings. The number of carbonyl (C=O) groups excluding carboxylic acids is 1. The summed E-state index contributed by atoms with van der Waals surface area (Å²) in [5.41, 5.74) is 2.14. The lowest BCUT2D eigenvalue weighted by Gasteiger charge is -2.37. The van der Waals surface area contributed by atoms with E-state index in [4.69, 9.17) is 16.3 Å². The molecule has 0 saturated carbocycles. The minimum atomic E-state index is -0.253. The predicted molar refractivity (Wildman–Crippen MR) is 135 cm³/mol. The highest BCUT2D eigenvalue weighted by atomic mass is 35.5. The van der Waals surface area contributed by atoms with Gasteiger partial charge in [0, 0.05) is 46.8 Å². The first-order valence-electron chi connectivity index (χ1n) is 11.1. The van der Waals surface area contributed by atoms with E-state index in [-0.39, 0.29) is 24.1 Å². The van der Waals surface area contributed by atoms with Gasteiger partial charge >= 0.3 is 0 Å². The Balaban J connectivity index is 1.41. The van der Waals surface area contributed by atoms with Crippen molar-refractivity contribution in [3.8, 4) is 22.6 Å². The summed E-state index contributed by atoms with van der Waals surface area (Å²) in [5.74, 6) is 0.912. The second-order valence-electron chi connectivity index (χ2n) is 8.45. The Bertz CT molecular complexity index is 1330. The number of likely N-dealkylation sites (tertiary alicyclic amines) is 1. The summed E-state index contributed by atoms with van der Waals surface area (Å²) in [7, 11) is 0. The van der Waals surface area contributed by atoms with Gasteiger partial charge in [-0.05, 0) is 48.0 Å². The van der Waals surface area contributed by atoms with Gasteiger partial charge in [0.15, 0.2) is 0 Å². The van der Waals surface area contributed by atoms with Gasteiger partial charge in [-0.25, -0.2) is 0 Å². The highest BCUT2D eigenvalue weighted by Gasteiger charge is 2.26. The molecule has 3 aromatic carbocycles. The van der Waals surface area contributed by atoms with Crippen LogP contribution in [0.4, 0.5) is 4.39 Å². The first-order valence-corrected chi connectivity index (χ1v) is 12.3. The van der Waals surface area contributed by atoms with Gasteiger partial charge in [0.05, 0.1) is 16.6 Å². The number of rotatable bonds is 8.